The lowest BCUT2D eigenvalue weighted by Gasteiger charge is -2.07. The molecule has 0 aliphatic carbocycles. The second-order valence-corrected chi connectivity index (χ2v) is 4.22. The fourth-order valence-corrected chi connectivity index (χ4v) is 1.81. The van der Waals surface area contributed by atoms with Gasteiger partial charge in [-0.1, -0.05) is 0 Å². The van der Waals surface area contributed by atoms with Crippen molar-refractivity contribution in [1.82, 2.24) is 24.9 Å². The number of nitrogens with one attached hydrogen (secondary N) is 1. The van der Waals surface area contributed by atoms with Gasteiger partial charge in [0.15, 0.2) is 5.69 Å². The van der Waals surface area contributed by atoms with Crippen LogP contribution >= 0.6 is 0 Å². The molecule has 0 spiro atoms. The highest BCUT2D eigenvalue weighted by Gasteiger charge is 2.36. The molecule has 0 aliphatic rings. The zero-order valence-electron chi connectivity index (χ0n) is 10.6. The van der Waals surface area contributed by atoms with Crippen molar-refractivity contribution in [3.63, 3.8) is 0 Å². The van der Waals surface area contributed by atoms with Crippen molar-refractivity contribution in [1.29, 1.82) is 0 Å². The third kappa shape index (κ3) is 3.14. The van der Waals surface area contributed by atoms with Gasteiger partial charge in [0.05, 0.1) is 5.69 Å². The summed E-state index contributed by atoms with van der Waals surface area (Å²) in [6, 6.07) is 1.81. The first-order valence-corrected chi connectivity index (χ1v) is 5.65. The van der Waals surface area contributed by atoms with Crippen LogP contribution in [0.5, 0.6) is 0 Å². The van der Waals surface area contributed by atoms with E-state index in [-0.39, 0.29) is 12.1 Å². The molecule has 5 nitrogen and oxygen atoms in total. The zero-order chi connectivity index (χ0) is 14.0. The number of alkyl halides is 3. The minimum atomic E-state index is -4.43. The average molecular weight is 273 g/mol. The molecule has 104 valence electrons. The Labute approximate surface area is 108 Å². The van der Waals surface area contributed by atoms with E-state index in [9.17, 15) is 13.2 Å². The molecule has 8 heteroatoms. The van der Waals surface area contributed by atoms with Gasteiger partial charge in [0.25, 0.3) is 0 Å². The van der Waals surface area contributed by atoms with Crippen LogP contribution in [0, 0.1) is 0 Å². The Balaban J connectivity index is 2.02. The first-order valence-electron chi connectivity index (χ1n) is 5.65. The smallest absolute Gasteiger partial charge is 0.307 e. The molecule has 0 saturated heterocycles. The van der Waals surface area contributed by atoms with E-state index < -0.39 is 11.9 Å². The summed E-state index contributed by atoms with van der Waals surface area (Å²) in [5.41, 5.74) is 0.196. The van der Waals surface area contributed by atoms with Crippen molar-refractivity contribution in [2.24, 2.45) is 14.1 Å². The molecular formula is C11H14F3N5. The van der Waals surface area contributed by atoms with E-state index in [1.807, 2.05) is 0 Å². The molecule has 0 atom stereocenters. The molecule has 2 aromatic rings. The van der Waals surface area contributed by atoms with Crippen molar-refractivity contribution in [2.75, 3.05) is 0 Å². The Kier molecular flexibility index (Phi) is 3.61. The Morgan fingerprint density at radius 3 is 2.58 bits per heavy atom. The van der Waals surface area contributed by atoms with Crippen LogP contribution in [-0.2, 0) is 33.4 Å². The van der Waals surface area contributed by atoms with Gasteiger partial charge in [0.2, 0.25) is 0 Å². The van der Waals surface area contributed by atoms with Crippen molar-refractivity contribution in [3.05, 3.63) is 35.4 Å². The summed E-state index contributed by atoms with van der Waals surface area (Å²) < 4.78 is 41.0. The third-order valence-corrected chi connectivity index (χ3v) is 2.72. The molecule has 0 unspecified atom stereocenters. The van der Waals surface area contributed by atoms with Crippen molar-refractivity contribution in [3.8, 4) is 0 Å². The lowest BCUT2D eigenvalue weighted by Crippen LogP contribution is -2.18. The number of rotatable bonds is 4. The van der Waals surface area contributed by atoms with Crippen molar-refractivity contribution < 1.29 is 13.2 Å². The summed E-state index contributed by atoms with van der Waals surface area (Å²) in [6.07, 6.45) is -1.41. The number of hydrogen-bond donors (Lipinski definition) is 1. The van der Waals surface area contributed by atoms with Crippen LogP contribution in [0.15, 0.2) is 18.5 Å². The van der Waals surface area contributed by atoms with Gasteiger partial charge in [0, 0.05) is 45.1 Å². The molecule has 0 saturated carbocycles. The maximum Gasteiger partial charge on any atom is 0.435 e. The van der Waals surface area contributed by atoms with Gasteiger partial charge in [-0.05, 0) is 6.07 Å². The molecule has 0 aliphatic heterocycles. The summed E-state index contributed by atoms with van der Waals surface area (Å²) in [7, 11) is 3.25. The largest absolute Gasteiger partial charge is 0.435 e. The molecule has 0 radical (unpaired) electrons. The van der Waals surface area contributed by atoms with Gasteiger partial charge in [0.1, 0.15) is 0 Å². The van der Waals surface area contributed by atoms with Crippen LogP contribution in [-0.4, -0.2) is 19.6 Å². The number of hydrogen-bond acceptors (Lipinski definition) is 3. The Bertz CT molecular complexity index is 555. The van der Waals surface area contributed by atoms with Crippen molar-refractivity contribution >= 4 is 0 Å². The van der Waals surface area contributed by atoms with Gasteiger partial charge < -0.3 is 5.32 Å². The van der Waals surface area contributed by atoms with E-state index in [2.05, 4.69) is 15.5 Å². The summed E-state index contributed by atoms with van der Waals surface area (Å²) >= 11 is 0. The van der Waals surface area contributed by atoms with Crippen LogP contribution in [0.3, 0.4) is 0 Å². The second-order valence-electron chi connectivity index (χ2n) is 4.22. The summed E-state index contributed by atoms with van der Waals surface area (Å²) in [5.74, 6) is 0. The summed E-state index contributed by atoms with van der Waals surface area (Å²) in [5, 5.41) is 10.4. The van der Waals surface area contributed by atoms with E-state index in [0.29, 0.717) is 6.54 Å². The van der Waals surface area contributed by atoms with E-state index in [1.54, 1.807) is 24.0 Å². The molecule has 1 N–H and O–H groups in total. The molecule has 0 amide bonds. The SMILES string of the molecule is Cn1cc(CNCc2ccnn2C)c(C(F)(F)F)n1. The van der Waals surface area contributed by atoms with Gasteiger partial charge in [-0.15, -0.1) is 0 Å². The van der Waals surface area contributed by atoms with Gasteiger partial charge in [-0.3, -0.25) is 9.36 Å². The molecule has 2 rings (SSSR count). The van der Waals surface area contributed by atoms with E-state index in [4.69, 9.17) is 0 Å². The molecule has 19 heavy (non-hydrogen) atoms. The second kappa shape index (κ2) is 5.04. The lowest BCUT2D eigenvalue weighted by molar-refractivity contribution is -0.142. The van der Waals surface area contributed by atoms with Gasteiger partial charge in [-0.2, -0.15) is 23.4 Å². The quantitative estimate of drug-likeness (QED) is 0.917. The highest BCUT2D eigenvalue weighted by atomic mass is 19.4. The highest BCUT2D eigenvalue weighted by Crippen LogP contribution is 2.30. The number of halogens is 3. The Morgan fingerprint density at radius 2 is 2.00 bits per heavy atom. The zero-order valence-corrected chi connectivity index (χ0v) is 10.6. The maximum absolute atomic E-state index is 12.7. The highest BCUT2D eigenvalue weighted by molar-refractivity contribution is 5.19. The van der Waals surface area contributed by atoms with Crippen LogP contribution < -0.4 is 5.32 Å². The first kappa shape index (κ1) is 13.6. The van der Waals surface area contributed by atoms with Gasteiger partial charge >= 0.3 is 6.18 Å². The maximum atomic E-state index is 12.7. The van der Waals surface area contributed by atoms with Crippen LogP contribution in [0.2, 0.25) is 0 Å². The van der Waals surface area contributed by atoms with E-state index in [0.717, 1.165) is 5.69 Å². The standard InChI is InChI=1S/C11H14F3N5/c1-18-7-8(10(17-18)11(12,13)14)5-15-6-9-3-4-16-19(9)2/h3-4,7,15H,5-6H2,1-2H3. The first-order chi connectivity index (χ1) is 8.88. The summed E-state index contributed by atoms with van der Waals surface area (Å²) in [6.45, 7) is 0.552. The summed E-state index contributed by atoms with van der Waals surface area (Å²) in [4.78, 5) is 0. The normalized spacial score (nSPS) is 12.1. The third-order valence-electron chi connectivity index (χ3n) is 2.72. The van der Waals surface area contributed by atoms with Crippen LogP contribution in [0.25, 0.3) is 0 Å². The predicted octanol–water partition coefficient (Wildman–Crippen LogP) is 1.46. The minimum Gasteiger partial charge on any atom is -0.307 e. The molecule has 2 heterocycles. The molecule has 2 aromatic heterocycles. The minimum absolute atomic E-state index is 0.105. The number of aryl methyl sites for hydroxylation is 2. The predicted molar refractivity (Wildman–Crippen MR) is 62.0 cm³/mol. The fourth-order valence-electron chi connectivity index (χ4n) is 1.81. The van der Waals surface area contributed by atoms with E-state index in [1.165, 1.54) is 17.9 Å². The van der Waals surface area contributed by atoms with Crippen LogP contribution in [0.1, 0.15) is 17.0 Å². The molecular weight excluding hydrogens is 259 g/mol. The van der Waals surface area contributed by atoms with Crippen LogP contribution in [0.4, 0.5) is 13.2 Å². The molecule has 0 bridgehead atoms. The van der Waals surface area contributed by atoms with Gasteiger partial charge in [-0.25, -0.2) is 0 Å². The molecule has 0 fully saturated rings. The van der Waals surface area contributed by atoms with E-state index >= 15 is 0 Å². The number of nitrogens with zero attached hydrogens (tertiary/aromatic N) is 4. The monoisotopic (exact) mass is 273 g/mol. The average Bonchev–Trinajstić information content (AvgIpc) is 2.85. The number of aromatic nitrogens is 4. The Hall–Kier alpha value is -1.83. The molecule has 0 aromatic carbocycles. The Morgan fingerprint density at radius 1 is 1.26 bits per heavy atom. The van der Waals surface area contributed by atoms with Crippen molar-refractivity contribution in [2.45, 2.75) is 19.3 Å². The lowest BCUT2D eigenvalue weighted by atomic mass is 10.2. The topological polar surface area (TPSA) is 47.7 Å². The fraction of sp³-hybridized carbons (Fsp3) is 0.455.